The Morgan fingerprint density at radius 3 is 2.50 bits per heavy atom. The molecule has 4 aliphatic carbocycles. The van der Waals surface area contributed by atoms with Crippen LogP contribution >= 0.6 is 0 Å². The quantitative estimate of drug-likeness (QED) is 0.607. The van der Waals surface area contributed by atoms with Gasteiger partial charge in [-0.2, -0.15) is 0 Å². The Bertz CT molecular complexity index is 390. The van der Waals surface area contributed by atoms with Crippen LogP contribution in [0.5, 0.6) is 0 Å². The van der Waals surface area contributed by atoms with Crippen molar-refractivity contribution in [3.63, 3.8) is 0 Å². The summed E-state index contributed by atoms with van der Waals surface area (Å²) in [5.74, 6) is 2.06. The van der Waals surface area contributed by atoms with Gasteiger partial charge in [0.2, 0.25) is 0 Å². The van der Waals surface area contributed by atoms with Crippen LogP contribution in [0.4, 0.5) is 0 Å². The van der Waals surface area contributed by atoms with Crippen LogP contribution in [0.1, 0.15) is 47.0 Å². The highest BCUT2D eigenvalue weighted by atomic mass is 16.1. The number of fused-ring (bicyclic) bond motifs is 1. The Morgan fingerprint density at radius 2 is 1.88 bits per heavy atom. The van der Waals surface area contributed by atoms with E-state index in [1.54, 1.807) is 0 Å². The molecule has 0 heterocycles. The van der Waals surface area contributed by atoms with Gasteiger partial charge in [0, 0.05) is 5.92 Å². The number of carbonyl (C=O) groups is 1. The molecule has 0 aliphatic heterocycles. The topological polar surface area (TPSA) is 17.1 Å². The van der Waals surface area contributed by atoms with Crippen LogP contribution in [-0.4, -0.2) is 5.78 Å². The fourth-order valence-electron chi connectivity index (χ4n) is 5.10. The first-order valence-corrected chi connectivity index (χ1v) is 6.60. The zero-order chi connectivity index (χ0) is 11.7. The maximum absolute atomic E-state index is 12.2. The van der Waals surface area contributed by atoms with E-state index in [4.69, 9.17) is 0 Å². The smallest absolute Gasteiger partial charge is 0.159 e. The first-order chi connectivity index (χ1) is 7.38. The Hall–Kier alpha value is -0.590. The average Bonchev–Trinajstić information content (AvgIpc) is 2.28. The third kappa shape index (κ3) is 1.00. The summed E-state index contributed by atoms with van der Waals surface area (Å²) in [6.45, 7) is 9.27. The molecule has 2 fully saturated rings. The second-order valence-electron chi connectivity index (χ2n) is 7.12. The first kappa shape index (κ1) is 10.6. The van der Waals surface area contributed by atoms with E-state index < -0.39 is 0 Å². The summed E-state index contributed by atoms with van der Waals surface area (Å²) in [5.41, 5.74) is 2.01. The molecule has 0 aromatic heterocycles. The third-order valence-corrected chi connectivity index (χ3v) is 5.75. The molecule has 0 N–H and O–H groups in total. The third-order valence-electron chi connectivity index (χ3n) is 5.75. The van der Waals surface area contributed by atoms with Crippen molar-refractivity contribution < 1.29 is 4.79 Å². The van der Waals surface area contributed by atoms with Gasteiger partial charge in [-0.3, -0.25) is 4.79 Å². The lowest BCUT2D eigenvalue weighted by molar-refractivity contribution is -0.164. The van der Waals surface area contributed by atoms with Gasteiger partial charge < -0.3 is 0 Å². The van der Waals surface area contributed by atoms with Crippen molar-refractivity contribution in [3.8, 4) is 0 Å². The van der Waals surface area contributed by atoms with Crippen molar-refractivity contribution >= 4 is 5.78 Å². The zero-order valence-electron chi connectivity index (χ0n) is 10.8. The first-order valence-electron chi connectivity index (χ1n) is 6.60. The van der Waals surface area contributed by atoms with Crippen LogP contribution in [0, 0.1) is 28.6 Å². The largest absolute Gasteiger partial charge is 0.295 e. The van der Waals surface area contributed by atoms with Crippen LogP contribution in [-0.2, 0) is 4.79 Å². The molecule has 4 bridgehead atoms. The summed E-state index contributed by atoms with van der Waals surface area (Å²) in [7, 11) is 0. The predicted molar refractivity (Wildman–Crippen MR) is 65.0 cm³/mol. The van der Waals surface area contributed by atoms with Gasteiger partial charge in [0.15, 0.2) is 5.78 Å². The second kappa shape index (κ2) is 2.80. The number of rotatable bonds is 0. The van der Waals surface area contributed by atoms with Gasteiger partial charge in [-0.25, -0.2) is 0 Å². The lowest BCUT2D eigenvalue weighted by atomic mass is 9.38. The minimum absolute atomic E-state index is 0.300. The van der Waals surface area contributed by atoms with Gasteiger partial charge in [-0.15, -0.1) is 0 Å². The van der Waals surface area contributed by atoms with Crippen molar-refractivity contribution in [2.75, 3.05) is 0 Å². The lowest BCUT2D eigenvalue weighted by Crippen LogP contribution is -2.63. The molecule has 16 heavy (non-hydrogen) atoms. The Labute approximate surface area is 98.3 Å². The highest BCUT2D eigenvalue weighted by Gasteiger charge is 2.67. The Morgan fingerprint density at radius 1 is 1.19 bits per heavy atom. The minimum Gasteiger partial charge on any atom is -0.295 e. The van der Waals surface area contributed by atoms with Crippen LogP contribution in [0.3, 0.4) is 0 Å². The van der Waals surface area contributed by atoms with E-state index in [9.17, 15) is 4.79 Å². The van der Waals surface area contributed by atoms with Gasteiger partial charge >= 0.3 is 0 Å². The molecule has 0 aromatic carbocycles. The SMILES string of the molecule is CC1=CC(=O)C2C3[C@H]1[C@@]2(C)CCCC3(C)C. The van der Waals surface area contributed by atoms with Crippen molar-refractivity contribution in [1.82, 2.24) is 0 Å². The van der Waals surface area contributed by atoms with E-state index in [0.717, 1.165) is 0 Å². The van der Waals surface area contributed by atoms with Crippen molar-refractivity contribution in [2.24, 2.45) is 28.6 Å². The molecule has 1 heteroatoms. The molecule has 0 amide bonds. The van der Waals surface area contributed by atoms with Crippen LogP contribution in [0.2, 0.25) is 0 Å². The monoisotopic (exact) mass is 218 g/mol. The molecule has 4 rings (SSSR count). The van der Waals surface area contributed by atoms with Gasteiger partial charge in [0.25, 0.3) is 0 Å². The zero-order valence-corrected chi connectivity index (χ0v) is 10.8. The standard InChI is InChI=1S/C15H22O/c1-9-8-10(16)12-13-11(9)15(12,4)7-5-6-14(13,2)3/h8,11-13H,5-7H2,1-4H3/t11-,12?,13?,15+/m0/s1. The fourth-order valence-corrected chi connectivity index (χ4v) is 5.10. The highest BCUT2D eigenvalue weighted by molar-refractivity contribution is 5.96. The van der Waals surface area contributed by atoms with Gasteiger partial charge in [-0.05, 0) is 48.5 Å². The van der Waals surface area contributed by atoms with E-state index in [1.165, 1.54) is 24.8 Å². The van der Waals surface area contributed by atoms with E-state index in [-0.39, 0.29) is 0 Å². The van der Waals surface area contributed by atoms with E-state index in [2.05, 4.69) is 27.7 Å². The van der Waals surface area contributed by atoms with E-state index >= 15 is 0 Å². The van der Waals surface area contributed by atoms with E-state index in [0.29, 0.717) is 34.4 Å². The van der Waals surface area contributed by atoms with Crippen molar-refractivity contribution in [2.45, 2.75) is 47.0 Å². The summed E-state index contributed by atoms with van der Waals surface area (Å²) in [6, 6.07) is 0. The maximum atomic E-state index is 12.2. The normalized spacial score (nSPS) is 49.1. The lowest BCUT2D eigenvalue weighted by Gasteiger charge is -2.64. The van der Waals surface area contributed by atoms with Gasteiger partial charge in [-0.1, -0.05) is 32.8 Å². The molecule has 1 nitrogen and oxygen atoms in total. The van der Waals surface area contributed by atoms with Crippen molar-refractivity contribution in [3.05, 3.63) is 11.6 Å². The van der Waals surface area contributed by atoms with Crippen LogP contribution in [0.25, 0.3) is 0 Å². The molecule has 0 spiro atoms. The number of allylic oxidation sites excluding steroid dienone is 2. The Kier molecular flexibility index (Phi) is 1.85. The molecule has 4 atom stereocenters. The fraction of sp³-hybridized carbons (Fsp3) is 0.800. The average molecular weight is 218 g/mol. The molecular formula is C15H22O. The van der Waals surface area contributed by atoms with Gasteiger partial charge in [0.1, 0.15) is 0 Å². The number of ketones is 1. The molecule has 88 valence electrons. The van der Waals surface area contributed by atoms with Crippen molar-refractivity contribution in [1.29, 1.82) is 0 Å². The Balaban J connectivity index is 2.13. The molecule has 4 aliphatic rings. The number of carbonyl (C=O) groups excluding carboxylic acids is 1. The summed E-state index contributed by atoms with van der Waals surface area (Å²) >= 11 is 0. The summed E-state index contributed by atoms with van der Waals surface area (Å²) in [4.78, 5) is 12.2. The predicted octanol–water partition coefficient (Wildman–Crippen LogP) is 3.59. The summed E-state index contributed by atoms with van der Waals surface area (Å²) < 4.78 is 0. The number of hydrogen-bond donors (Lipinski definition) is 0. The molecule has 2 unspecified atom stereocenters. The second-order valence-corrected chi connectivity index (χ2v) is 7.12. The minimum atomic E-state index is 0.300. The van der Waals surface area contributed by atoms with Crippen LogP contribution < -0.4 is 0 Å². The maximum Gasteiger partial charge on any atom is 0.159 e. The molecular weight excluding hydrogens is 196 g/mol. The highest BCUT2D eigenvalue weighted by Crippen LogP contribution is 2.71. The number of hydrogen-bond acceptors (Lipinski definition) is 1. The van der Waals surface area contributed by atoms with Crippen LogP contribution in [0.15, 0.2) is 11.6 Å². The van der Waals surface area contributed by atoms with E-state index in [1.807, 2.05) is 6.08 Å². The summed E-state index contributed by atoms with van der Waals surface area (Å²) in [6.07, 6.45) is 5.77. The van der Waals surface area contributed by atoms with Gasteiger partial charge in [0.05, 0.1) is 0 Å². The molecule has 0 saturated heterocycles. The molecule has 0 aromatic rings. The summed E-state index contributed by atoms with van der Waals surface area (Å²) in [5, 5.41) is 0. The molecule has 2 saturated carbocycles. The molecule has 0 radical (unpaired) electrons.